The molecule has 1 fully saturated rings. The molecular weight excluding hydrogens is 364 g/mol. The summed E-state index contributed by atoms with van der Waals surface area (Å²) in [6.07, 6.45) is 1.92. The van der Waals surface area contributed by atoms with E-state index in [1.165, 1.54) is 5.56 Å². The minimum absolute atomic E-state index is 0.269. The Kier molecular flexibility index (Phi) is 4.55. The highest BCUT2D eigenvalue weighted by molar-refractivity contribution is 7.90. The van der Waals surface area contributed by atoms with Gasteiger partial charge >= 0.3 is 0 Å². The van der Waals surface area contributed by atoms with Gasteiger partial charge in [0.2, 0.25) is 0 Å². The van der Waals surface area contributed by atoms with Gasteiger partial charge in [-0.1, -0.05) is 17.3 Å². The predicted octanol–water partition coefficient (Wildman–Crippen LogP) is 2.34. The Morgan fingerprint density at radius 2 is 1.93 bits per heavy atom. The smallest absolute Gasteiger partial charge is 0.285 e. The molecule has 0 amide bonds. The Morgan fingerprint density at radius 1 is 1.22 bits per heavy atom. The van der Waals surface area contributed by atoms with Crippen LogP contribution in [0, 0.1) is 13.8 Å². The number of amidine groups is 1. The summed E-state index contributed by atoms with van der Waals surface area (Å²) in [5, 5.41) is 4.03. The van der Waals surface area contributed by atoms with E-state index in [9.17, 15) is 8.42 Å². The van der Waals surface area contributed by atoms with Gasteiger partial charge in [-0.2, -0.15) is 8.42 Å². The molecule has 0 unspecified atom stereocenters. The van der Waals surface area contributed by atoms with Crippen molar-refractivity contribution in [3.63, 3.8) is 0 Å². The van der Waals surface area contributed by atoms with E-state index in [0.29, 0.717) is 16.3 Å². The number of hydrogen-bond donors (Lipinski definition) is 0. The molecule has 1 aromatic carbocycles. The molecule has 27 heavy (non-hydrogen) atoms. The first-order valence-electron chi connectivity index (χ1n) is 9.18. The minimum atomic E-state index is -3.57. The molecule has 0 spiro atoms. The number of fused-ring (bicyclic) bond motifs is 1. The summed E-state index contributed by atoms with van der Waals surface area (Å²) >= 11 is 0. The number of rotatable bonds is 3. The number of benzene rings is 1. The maximum absolute atomic E-state index is 12.3. The van der Waals surface area contributed by atoms with Crippen LogP contribution in [-0.2, 0) is 16.6 Å². The van der Waals surface area contributed by atoms with Gasteiger partial charge in [0.25, 0.3) is 10.0 Å². The number of hydrogen-bond acceptors (Lipinski definition) is 6. The van der Waals surface area contributed by atoms with Crippen molar-refractivity contribution in [2.45, 2.75) is 44.2 Å². The molecule has 3 heterocycles. The molecule has 2 aliphatic heterocycles. The molecule has 0 atom stereocenters. The van der Waals surface area contributed by atoms with Gasteiger partial charge in [-0.3, -0.25) is 4.90 Å². The third-order valence-electron chi connectivity index (χ3n) is 5.61. The van der Waals surface area contributed by atoms with Gasteiger partial charge in [0, 0.05) is 43.9 Å². The Bertz CT molecular complexity index is 969. The van der Waals surface area contributed by atoms with E-state index in [2.05, 4.69) is 14.5 Å². The summed E-state index contributed by atoms with van der Waals surface area (Å²) in [6.45, 7) is 6.66. The Balaban J connectivity index is 1.45. The van der Waals surface area contributed by atoms with Crippen molar-refractivity contribution in [1.82, 2.24) is 15.0 Å². The number of aryl methyl sites for hydroxylation is 2. The fourth-order valence-corrected chi connectivity index (χ4v) is 5.17. The van der Waals surface area contributed by atoms with Crippen LogP contribution in [0.5, 0.6) is 0 Å². The third kappa shape index (κ3) is 3.27. The number of aromatic nitrogens is 1. The number of nitrogens with zero attached hydrogens (tertiary/aromatic N) is 4. The van der Waals surface area contributed by atoms with E-state index >= 15 is 0 Å². The van der Waals surface area contributed by atoms with E-state index in [0.717, 1.165) is 43.9 Å². The SMILES string of the molecule is Cc1noc(C)c1CN1CCC(N(C)C2=NS(=O)(=O)c3ccccc32)CC1. The largest absolute Gasteiger partial charge is 0.361 e. The van der Waals surface area contributed by atoms with Crippen molar-refractivity contribution in [2.24, 2.45) is 4.40 Å². The van der Waals surface area contributed by atoms with Crippen LogP contribution < -0.4 is 0 Å². The van der Waals surface area contributed by atoms with Crippen LogP contribution in [0.4, 0.5) is 0 Å². The Morgan fingerprint density at radius 3 is 2.59 bits per heavy atom. The molecule has 7 nitrogen and oxygen atoms in total. The van der Waals surface area contributed by atoms with Crippen LogP contribution in [0.1, 0.15) is 35.4 Å². The van der Waals surface area contributed by atoms with Crippen molar-refractivity contribution >= 4 is 15.9 Å². The third-order valence-corrected chi connectivity index (χ3v) is 6.94. The first-order chi connectivity index (χ1) is 12.9. The van der Waals surface area contributed by atoms with Crippen molar-refractivity contribution < 1.29 is 12.9 Å². The van der Waals surface area contributed by atoms with Crippen LogP contribution >= 0.6 is 0 Å². The predicted molar refractivity (Wildman–Crippen MR) is 102 cm³/mol. The fraction of sp³-hybridized carbons (Fsp3) is 0.474. The molecule has 0 saturated carbocycles. The van der Waals surface area contributed by atoms with Crippen LogP contribution in [0.3, 0.4) is 0 Å². The van der Waals surface area contributed by atoms with Gasteiger partial charge in [-0.25, -0.2) is 0 Å². The van der Waals surface area contributed by atoms with E-state index < -0.39 is 10.0 Å². The molecule has 2 aliphatic rings. The van der Waals surface area contributed by atoms with Gasteiger partial charge in [0.1, 0.15) is 10.7 Å². The topological polar surface area (TPSA) is 79.0 Å². The molecule has 4 rings (SSSR count). The first kappa shape index (κ1) is 18.2. The van der Waals surface area contributed by atoms with Gasteiger partial charge < -0.3 is 9.42 Å². The molecule has 144 valence electrons. The second-order valence-electron chi connectivity index (χ2n) is 7.31. The molecule has 8 heteroatoms. The van der Waals surface area contributed by atoms with Crippen LogP contribution in [0.2, 0.25) is 0 Å². The monoisotopic (exact) mass is 388 g/mol. The summed E-state index contributed by atoms with van der Waals surface area (Å²) < 4.78 is 33.9. The molecule has 2 aromatic rings. The summed E-state index contributed by atoms with van der Waals surface area (Å²) in [5.74, 6) is 1.45. The Labute approximate surface area is 159 Å². The first-order valence-corrected chi connectivity index (χ1v) is 10.6. The molecule has 0 radical (unpaired) electrons. The molecule has 0 N–H and O–H groups in total. The lowest BCUT2D eigenvalue weighted by molar-refractivity contribution is 0.159. The second kappa shape index (κ2) is 6.76. The second-order valence-corrected chi connectivity index (χ2v) is 8.88. The highest BCUT2D eigenvalue weighted by Gasteiger charge is 2.34. The van der Waals surface area contributed by atoms with Crippen molar-refractivity contribution in [3.8, 4) is 0 Å². The number of likely N-dealkylation sites (tertiary alicyclic amines) is 1. The van der Waals surface area contributed by atoms with Crippen LogP contribution in [-0.4, -0.2) is 55.4 Å². The zero-order valence-corrected chi connectivity index (χ0v) is 16.7. The lowest BCUT2D eigenvalue weighted by Gasteiger charge is -2.37. The minimum Gasteiger partial charge on any atom is -0.361 e. The lowest BCUT2D eigenvalue weighted by Crippen LogP contribution is -2.45. The normalized spacial score (nSPS) is 19.7. The number of sulfonamides is 1. The van der Waals surface area contributed by atoms with Gasteiger partial charge in [-0.15, -0.1) is 4.40 Å². The molecule has 1 saturated heterocycles. The summed E-state index contributed by atoms with van der Waals surface area (Å²) in [4.78, 5) is 4.75. The summed E-state index contributed by atoms with van der Waals surface area (Å²) in [5.41, 5.74) is 2.83. The average Bonchev–Trinajstić information content (AvgIpc) is 3.13. The maximum Gasteiger partial charge on any atom is 0.285 e. The van der Waals surface area contributed by atoms with E-state index in [1.54, 1.807) is 12.1 Å². The van der Waals surface area contributed by atoms with Crippen LogP contribution in [0.25, 0.3) is 0 Å². The highest BCUT2D eigenvalue weighted by Crippen LogP contribution is 2.29. The molecule has 0 aliphatic carbocycles. The van der Waals surface area contributed by atoms with Gasteiger partial charge in [0.15, 0.2) is 5.84 Å². The quantitative estimate of drug-likeness (QED) is 0.803. The fourth-order valence-electron chi connectivity index (χ4n) is 3.93. The zero-order valence-electron chi connectivity index (χ0n) is 15.8. The van der Waals surface area contributed by atoms with E-state index in [1.807, 2.05) is 37.9 Å². The van der Waals surface area contributed by atoms with Gasteiger partial charge in [-0.05, 0) is 38.8 Å². The molecular formula is C19H24N4O3S. The molecule has 1 aromatic heterocycles. The Hall–Kier alpha value is -2.19. The van der Waals surface area contributed by atoms with Gasteiger partial charge in [0.05, 0.1) is 5.69 Å². The number of piperidine rings is 1. The van der Waals surface area contributed by atoms with Crippen molar-refractivity contribution in [3.05, 3.63) is 46.8 Å². The molecule has 0 bridgehead atoms. The zero-order chi connectivity index (χ0) is 19.2. The highest BCUT2D eigenvalue weighted by atomic mass is 32.2. The van der Waals surface area contributed by atoms with E-state index in [-0.39, 0.29) is 6.04 Å². The average molecular weight is 388 g/mol. The summed E-state index contributed by atoms with van der Waals surface area (Å²) in [7, 11) is -1.63. The van der Waals surface area contributed by atoms with E-state index in [4.69, 9.17) is 4.52 Å². The lowest BCUT2D eigenvalue weighted by atomic mass is 10.0. The van der Waals surface area contributed by atoms with Crippen molar-refractivity contribution in [1.29, 1.82) is 0 Å². The van der Waals surface area contributed by atoms with Crippen LogP contribution in [0.15, 0.2) is 38.1 Å². The van der Waals surface area contributed by atoms with Crippen molar-refractivity contribution in [2.75, 3.05) is 20.1 Å². The maximum atomic E-state index is 12.3. The standard InChI is InChI=1S/C19H24N4O3S/c1-13-17(14(2)26-20-13)12-23-10-8-15(9-11-23)22(3)19-16-6-4-5-7-18(16)27(24,25)21-19/h4-7,15H,8-12H2,1-3H3. The summed E-state index contributed by atoms with van der Waals surface area (Å²) in [6, 6.07) is 7.33.